The number of hydrogen-bond donors (Lipinski definition) is 0. The Morgan fingerprint density at radius 1 is 1.00 bits per heavy atom. The minimum atomic E-state index is -1.16. The third-order valence-electron chi connectivity index (χ3n) is 4.61. The molecule has 0 saturated heterocycles. The minimum absolute atomic E-state index is 0. The van der Waals surface area contributed by atoms with Gasteiger partial charge in [0.05, 0.1) is 5.97 Å². The molecule has 0 aliphatic carbocycles. The maximum atomic E-state index is 11.4. The van der Waals surface area contributed by atoms with E-state index in [1.165, 1.54) is 11.1 Å². The zero-order valence-corrected chi connectivity index (χ0v) is 20.1. The molecule has 0 aromatic heterocycles. The predicted octanol–water partition coefficient (Wildman–Crippen LogP) is 1.94. The van der Waals surface area contributed by atoms with Gasteiger partial charge in [0.15, 0.2) is 0 Å². The van der Waals surface area contributed by atoms with Crippen molar-refractivity contribution in [3.05, 3.63) is 64.7 Å². The third kappa shape index (κ3) is 8.57. The van der Waals surface area contributed by atoms with Gasteiger partial charge >= 0.3 is 29.6 Å². The average Bonchev–Trinajstić information content (AvgIpc) is 2.61. The molecule has 1 unspecified atom stereocenters. The van der Waals surface area contributed by atoms with E-state index in [4.69, 9.17) is 16.3 Å². The second-order valence-electron chi connectivity index (χ2n) is 7.93. The second-order valence-corrected chi connectivity index (χ2v) is 8.36. The van der Waals surface area contributed by atoms with Gasteiger partial charge in [-0.2, -0.15) is 0 Å². The van der Waals surface area contributed by atoms with Crippen LogP contribution in [-0.4, -0.2) is 12.1 Å². The van der Waals surface area contributed by atoms with Gasteiger partial charge in [-0.15, -0.1) is 0 Å². The van der Waals surface area contributed by atoms with Crippen molar-refractivity contribution in [2.24, 2.45) is 0 Å². The van der Waals surface area contributed by atoms with Crippen molar-refractivity contribution in [2.75, 3.05) is 0 Å². The summed E-state index contributed by atoms with van der Waals surface area (Å²) in [5.74, 6) is -0.592. The van der Waals surface area contributed by atoms with Crippen LogP contribution in [0.5, 0.6) is 5.75 Å². The minimum Gasteiger partial charge on any atom is -0.546 e. The van der Waals surface area contributed by atoms with Gasteiger partial charge in [-0.1, -0.05) is 63.1 Å². The first kappa shape index (κ1) is 25.0. The quantitative estimate of drug-likeness (QED) is 0.469. The van der Waals surface area contributed by atoms with Crippen molar-refractivity contribution in [1.29, 1.82) is 0 Å². The van der Waals surface area contributed by atoms with Crippen molar-refractivity contribution in [3.8, 4) is 5.75 Å². The Balaban J connectivity index is 0.00000392. The van der Waals surface area contributed by atoms with Gasteiger partial charge in [-0.3, -0.25) is 0 Å². The van der Waals surface area contributed by atoms with Crippen LogP contribution in [0.25, 0.3) is 0 Å². The largest absolute Gasteiger partial charge is 1.00 e. The second kappa shape index (κ2) is 11.9. The monoisotopic (exact) mass is 410 g/mol. The summed E-state index contributed by atoms with van der Waals surface area (Å²) >= 11 is 5.88. The van der Waals surface area contributed by atoms with E-state index in [0.717, 1.165) is 30.7 Å². The SMILES string of the molecule is CC(C)(C)c1ccc(OC(CCCCCc2ccc(Cl)cc2)C(=O)[O-])cc1.[Na+]. The zero-order valence-electron chi connectivity index (χ0n) is 17.3. The molecule has 2 rings (SSSR count). The third-order valence-corrected chi connectivity index (χ3v) is 4.86. The fourth-order valence-corrected chi connectivity index (χ4v) is 3.04. The van der Waals surface area contributed by atoms with Crippen LogP contribution in [0.3, 0.4) is 0 Å². The summed E-state index contributed by atoms with van der Waals surface area (Å²) in [6.07, 6.45) is 3.22. The summed E-state index contributed by atoms with van der Waals surface area (Å²) < 4.78 is 5.64. The molecule has 0 heterocycles. The van der Waals surface area contributed by atoms with Gasteiger partial charge in [0.25, 0.3) is 0 Å². The van der Waals surface area contributed by atoms with Gasteiger partial charge in [-0.25, -0.2) is 0 Å². The Hall–Kier alpha value is -1.000. The van der Waals surface area contributed by atoms with Crippen molar-refractivity contribution < 1.29 is 44.2 Å². The van der Waals surface area contributed by atoms with Crippen LogP contribution in [0.4, 0.5) is 0 Å². The number of rotatable bonds is 9. The van der Waals surface area contributed by atoms with E-state index in [0.29, 0.717) is 12.2 Å². The van der Waals surface area contributed by atoms with Crippen LogP contribution in [-0.2, 0) is 16.6 Å². The zero-order chi connectivity index (χ0) is 19.9. The molecule has 0 bridgehead atoms. The Morgan fingerprint density at radius 3 is 2.14 bits per heavy atom. The fraction of sp³-hybridized carbons (Fsp3) is 0.435. The molecule has 0 amide bonds. The van der Waals surface area contributed by atoms with E-state index >= 15 is 0 Å². The number of aliphatic carboxylic acids is 1. The van der Waals surface area contributed by atoms with Crippen molar-refractivity contribution >= 4 is 17.6 Å². The van der Waals surface area contributed by atoms with E-state index in [1.807, 2.05) is 48.5 Å². The molecule has 0 spiro atoms. The van der Waals surface area contributed by atoms with E-state index < -0.39 is 12.1 Å². The number of hydrogen-bond acceptors (Lipinski definition) is 3. The first-order valence-electron chi connectivity index (χ1n) is 9.48. The number of carbonyl (C=O) groups is 1. The molecule has 0 N–H and O–H groups in total. The molecule has 1 atom stereocenters. The van der Waals surface area contributed by atoms with Crippen LogP contribution in [0.2, 0.25) is 5.02 Å². The first-order valence-corrected chi connectivity index (χ1v) is 9.86. The molecule has 5 heteroatoms. The molecule has 0 fully saturated rings. The van der Waals surface area contributed by atoms with Gasteiger partial charge in [-0.05, 0) is 66.5 Å². The molecule has 0 saturated carbocycles. The Labute approximate surface area is 195 Å². The number of carboxylic acid groups (broad SMARTS) is 1. The molecule has 0 aliphatic rings. The van der Waals surface area contributed by atoms with Crippen LogP contribution >= 0.6 is 11.6 Å². The van der Waals surface area contributed by atoms with Crippen LogP contribution in [0, 0.1) is 0 Å². The smallest absolute Gasteiger partial charge is 0.546 e. The summed E-state index contributed by atoms with van der Waals surface area (Å²) in [6.45, 7) is 6.41. The van der Waals surface area contributed by atoms with Crippen LogP contribution < -0.4 is 39.4 Å². The molecule has 2 aromatic rings. The fourth-order valence-electron chi connectivity index (χ4n) is 2.91. The number of carboxylic acids is 1. The number of halogens is 1. The van der Waals surface area contributed by atoms with Crippen LogP contribution in [0.1, 0.15) is 57.6 Å². The molecule has 2 aromatic carbocycles. The first-order chi connectivity index (χ1) is 12.8. The van der Waals surface area contributed by atoms with E-state index in [-0.39, 0.29) is 35.0 Å². The normalized spacial score (nSPS) is 12.1. The van der Waals surface area contributed by atoms with E-state index in [9.17, 15) is 9.90 Å². The molecule has 3 nitrogen and oxygen atoms in total. The Morgan fingerprint density at radius 2 is 1.61 bits per heavy atom. The average molecular weight is 411 g/mol. The van der Waals surface area contributed by atoms with Gasteiger partial charge < -0.3 is 14.6 Å². The summed E-state index contributed by atoms with van der Waals surface area (Å²) in [7, 11) is 0. The Bertz CT molecular complexity index is 721. The number of unbranched alkanes of at least 4 members (excludes halogenated alkanes) is 2. The van der Waals surface area contributed by atoms with Gasteiger partial charge in [0.2, 0.25) is 0 Å². The Kier molecular flexibility index (Phi) is 10.6. The number of benzene rings is 2. The van der Waals surface area contributed by atoms with E-state index in [2.05, 4.69) is 20.8 Å². The number of aryl methyl sites for hydroxylation is 1. The van der Waals surface area contributed by atoms with Crippen molar-refractivity contribution in [3.63, 3.8) is 0 Å². The maximum Gasteiger partial charge on any atom is 1.00 e. The molecular formula is C23H28ClNaO3. The number of carbonyl (C=O) groups excluding carboxylic acids is 1. The molecular weight excluding hydrogens is 383 g/mol. The van der Waals surface area contributed by atoms with Gasteiger partial charge in [0.1, 0.15) is 11.9 Å². The van der Waals surface area contributed by atoms with Crippen molar-refractivity contribution in [2.45, 2.75) is 64.4 Å². The summed E-state index contributed by atoms with van der Waals surface area (Å²) in [4.78, 5) is 11.4. The van der Waals surface area contributed by atoms with E-state index in [1.54, 1.807) is 0 Å². The van der Waals surface area contributed by atoms with Gasteiger partial charge in [0, 0.05) is 5.02 Å². The van der Waals surface area contributed by atoms with Crippen molar-refractivity contribution in [1.82, 2.24) is 0 Å². The molecule has 28 heavy (non-hydrogen) atoms. The molecule has 0 aliphatic heterocycles. The molecule has 0 radical (unpaired) electrons. The standard InChI is InChI=1S/C23H29ClO3.Na/c1-23(2,3)18-11-15-20(16-12-18)27-21(22(25)26)8-6-4-5-7-17-9-13-19(24)14-10-17;/h9-16,21H,4-8H2,1-3H3,(H,25,26);/q;+1/p-1. The molecule has 146 valence electrons. The summed E-state index contributed by atoms with van der Waals surface area (Å²) in [5, 5.41) is 12.1. The summed E-state index contributed by atoms with van der Waals surface area (Å²) in [5.41, 5.74) is 2.48. The van der Waals surface area contributed by atoms with Crippen LogP contribution in [0.15, 0.2) is 48.5 Å². The summed E-state index contributed by atoms with van der Waals surface area (Å²) in [6, 6.07) is 15.5. The maximum absolute atomic E-state index is 11.4. The number of ether oxygens (including phenoxy) is 1. The topological polar surface area (TPSA) is 49.4 Å². The predicted molar refractivity (Wildman–Crippen MR) is 108 cm³/mol.